The van der Waals surface area contributed by atoms with Crippen molar-refractivity contribution in [3.8, 4) is 0 Å². The van der Waals surface area contributed by atoms with Gasteiger partial charge in [0.2, 0.25) is 0 Å². The standard InChI is InChI=1S/C18H24F3N5S.C3H8/c19-18(20,21)7-14-6-15-16(24-11-25-17(15)27-14)26-4-1-2-13(3-5-26)23-10-12-8-22-9-12;1-3-2/h6,11-13,22-23H,1-5,7-10H2;3H2,1-2H3. The number of thiophene rings is 1. The van der Waals surface area contributed by atoms with Crippen LogP contribution in [0.4, 0.5) is 19.0 Å². The summed E-state index contributed by atoms with van der Waals surface area (Å²) in [5.41, 5.74) is 0. The summed E-state index contributed by atoms with van der Waals surface area (Å²) >= 11 is 1.11. The highest BCUT2D eigenvalue weighted by Crippen LogP contribution is 2.34. The van der Waals surface area contributed by atoms with Crippen LogP contribution in [0.5, 0.6) is 0 Å². The Morgan fingerprint density at radius 1 is 1.20 bits per heavy atom. The summed E-state index contributed by atoms with van der Waals surface area (Å²) in [4.78, 5) is 11.7. The van der Waals surface area contributed by atoms with Gasteiger partial charge in [0.15, 0.2) is 0 Å². The molecule has 1 atom stereocenters. The maximum absolute atomic E-state index is 12.7. The third kappa shape index (κ3) is 6.52. The number of halogens is 3. The monoisotopic (exact) mass is 443 g/mol. The van der Waals surface area contributed by atoms with Gasteiger partial charge in [-0.15, -0.1) is 11.3 Å². The van der Waals surface area contributed by atoms with Gasteiger partial charge >= 0.3 is 6.18 Å². The highest BCUT2D eigenvalue weighted by molar-refractivity contribution is 7.18. The summed E-state index contributed by atoms with van der Waals surface area (Å²) in [5, 5.41) is 7.72. The van der Waals surface area contributed by atoms with Crippen LogP contribution in [0.15, 0.2) is 12.4 Å². The molecule has 168 valence electrons. The first-order valence-corrected chi connectivity index (χ1v) is 11.7. The Balaban J connectivity index is 0.000000806. The largest absolute Gasteiger partial charge is 0.393 e. The predicted molar refractivity (Wildman–Crippen MR) is 117 cm³/mol. The molecule has 0 saturated carbocycles. The molecule has 1 unspecified atom stereocenters. The summed E-state index contributed by atoms with van der Waals surface area (Å²) in [7, 11) is 0. The van der Waals surface area contributed by atoms with E-state index in [4.69, 9.17) is 0 Å². The first kappa shape index (κ1) is 23.2. The SMILES string of the molecule is CCC.FC(F)(F)Cc1cc2c(N3CCCC(NCC4CNC4)CC3)ncnc2s1. The lowest BCUT2D eigenvalue weighted by Crippen LogP contribution is -2.49. The highest BCUT2D eigenvalue weighted by atomic mass is 32.1. The highest BCUT2D eigenvalue weighted by Gasteiger charge is 2.29. The Kier molecular flexibility index (Phi) is 8.30. The van der Waals surface area contributed by atoms with E-state index < -0.39 is 12.6 Å². The lowest BCUT2D eigenvalue weighted by Gasteiger charge is -2.29. The number of aromatic nitrogens is 2. The topological polar surface area (TPSA) is 53.1 Å². The van der Waals surface area contributed by atoms with Crippen molar-refractivity contribution in [3.63, 3.8) is 0 Å². The van der Waals surface area contributed by atoms with Crippen molar-refractivity contribution in [2.75, 3.05) is 37.6 Å². The van der Waals surface area contributed by atoms with Crippen molar-refractivity contribution >= 4 is 27.4 Å². The van der Waals surface area contributed by atoms with Crippen LogP contribution in [-0.2, 0) is 6.42 Å². The van der Waals surface area contributed by atoms with Crippen molar-refractivity contribution in [1.29, 1.82) is 0 Å². The Bertz CT molecular complexity index is 791. The molecular formula is C21H32F3N5S. The normalized spacial score (nSPS) is 20.4. The number of alkyl halides is 3. The second kappa shape index (κ2) is 10.7. The predicted octanol–water partition coefficient (Wildman–Crippen LogP) is 4.38. The first-order chi connectivity index (χ1) is 14.4. The van der Waals surface area contributed by atoms with Crippen molar-refractivity contribution in [2.24, 2.45) is 5.92 Å². The molecule has 0 spiro atoms. The zero-order valence-electron chi connectivity index (χ0n) is 17.8. The maximum Gasteiger partial charge on any atom is 0.393 e. The first-order valence-electron chi connectivity index (χ1n) is 10.9. The lowest BCUT2D eigenvalue weighted by atomic mass is 10.0. The molecule has 4 rings (SSSR count). The summed E-state index contributed by atoms with van der Waals surface area (Å²) in [6, 6.07) is 2.11. The fourth-order valence-corrected chi connectivity index (χ4v) is 4.79. The molecule has 2 aromatic rings. The quantitative estimate of drug-likeness (QED) is 0.718. The molecular weight excluding hydrogens is 411 g/mol. The van der Waals surface area contributed by atoms with Crippen LogP contribution in [0.2, 0.25) is 0 Å². The molecule has 9 heteroatoms. The average molecular weight is 444 g/mol. The molecule has 0 aliphatic carbocycles. The van der Waals surface area contributed by atoms with E-state index in [1.54, 1.807) is 6.07 Å². The van der Waals surface area contributed by atoms with Crippen molar-refractivity contribution < 1.29 is 13.2 Å². The number of nitrogens with zero attached hydrogens (tertiary/aromatic N) is 3. The van der Waals surface area contributed by atoms with E-state index in [1.165, 1.54) is 12.7 Å². The Labute approximate surface area is 180 Å². The average Bonchev–Trinajstić information content (AvgIpc) is 2.88. The molecule has 0 amide bonds. The van der Waals surface area contributed by atoms with Crippen LogP contribution in [-0.4, -0.2) is 54.9 Å². The molecule has 5 nitrogen and oxygen atoms in total. The molecule has 2 aromatic heterocycles. The van der Waals surface area contributed by atoms with Gasteiger partial charge in [-0.3, -0.25) is 0 Å². The summed E-state index contributed by atoms with van der Waals surface area (Å²) in [6.07, 6.45) is 0.793. The number of fused-ring (bicyclic) bond motifs is 1. The number of rotatable bonds is 5. The number of hydrogen-bond donors (Lipinski definition) is 2. The molecule has 2 fully saturated rings. The van der Waals surface area contributed by atoms with Crippen molar-refractivity contribution in [2.45, 2.75) is 58.2 Å². The van der Waals surface area contributed by atoms with Crippen LogP contribution < -0.4 is 15.5 Å². The molecule has 2 N–H and O–H groups in total. The second-order valence-electron chi connectivity index (χ2n) is 8.18. The molecule has 0 radical (unpaired) electrons. The lowest BCUT2D eigenvalue weighted by molar-refractivity contribution is -0.126. The fourth-order valence-electron chi connectivity index (χ4n) is 3.77. The minimum Gasteiger partial charge on any atom is -0.356 e. The zero-order chi connectivity index (χ0) is 21.6. The molecule has 30 heavy (non-hydrogen) atoms. The van der Waals surface area contributed by atoms with Gasteiger partial charge in [-0.25, -0.2) is 9.97 Å². The van der Waals surface area contributed by atoms with Crippen LogP contribution in [0.3, 0.4) is 0 Å². The fraction of sp³-hybridized carbons (Fsp3) is 0.714. The van der Waals surface area contributed by atoms with E-state index in [9.17, 15) is 13.2 Å². The minimum absolute atomic E-state index is 0.294. The van der Waals surface area contributed by atoms with Gasteiger partial charge in [-0.2, -0.15) is 13.2 Å². The molecule has 2 aliphatic rings. The second-order valence-corrected chi connectivity index (χ2v) is 9.29. The van der Waals surface area contributed by atoms with Gasteiger partial charge < -0.3 is 15.5 Å². The minimum atomic E-state index is -4.20. The van der Waals surface area contributed by atoms with Gasteiger partial charge in [-0.1, -0.05) is 20.3 Å². The van der Waals surface area contributed by atoms with Crippen LogP contribution in [0, 0.1) is 5.92 Å². The van der Waals surface area contributed by atoms with Gasteiger partial charge in [0.25, 0.3) is 0 Å². The third-order valence-electron chi connectivity index (χ3n) is 5.32. The van der Waals surface area contributed by atoms with Crippen LogP contribution in [0.1, 0.15) is 44.4 Å². The van der Waals surface area contributed by atoms with E-state index in [2.05, 4.69) is 39.3 Å². The van der Waals surface area contributed by atoms with Gasteiger partial charge in [0.1, 0.15) is 17.0 Å². The Morgan fingerprint density at radius 2 is 1.97 bits per heavy atom. The van der Waals surface area contributed by atoms with E-state index in [0.29, 0.717) is 15.7 Å². The number of anilines is 1. The smallest absolute Gasteiger partial charge is 0.356 e. The molecule has 4 heterocycles. The zero-order valence-corrected chi connectivity index (χ0v) is 18.6. The molecule has 2 aliphatic heterocycles. The maximum atomic E-state index is 12.7. The molecule has 0 bridgehead atoms. The van der Waals surface area contributed by atoms with Crippen molar-refractivity contribution in [1.82, 2.24) is 20.6 Å². The Hall–Kier alpha value is -1.45. The van der Waals surface area contributed by atoms with E-state index in [1.807, 2.05) is 0 Å². The summed E-state index contributed by atoms with van der Waals surface area (Å²) in [6.45, 7) is 9.24. The van der Waals surface area contributed by atoms with Gasteiger partial charge in [0.05, 0.1) is 11.8 Å². The van der Waals surface area contributed by atoms with E-state index in [0.717, 1.165) is 80.4 Å². The molecule has 0 aromatic carbocycles. The van der Waals surface area contributed by atoms with Crippen LogP contribution in [0.25, 0.3) is 10.2 Å². The Morgan fingerprint density at radius 3 is 2.63 bits per heavy atom. The van der Waals surface area contributed by atoms with E-state index >= 15 is 0 Å². The van der Waals surface area contributed by atoms with Crippen molar-refractivity contribution in [3.05, 3.63) is 17.3 Å². The summed E-state index contributed by atoms with van der Waals surface area (Å²) in [5.74, 6) is 1.51. The number of nitrogens with one attached hydrogen (secondary N) is 2. The number of hydrogen-bond acceptors (Lipinski definition) is 6. The van der Waals surface area contributed by atoms with E-state index in [-0.39, 0.29) is 0 Å². The van der Waals surface area contributed by atoms with Gasteiger partial charge in [0, 0.05) is 43.6 Å². The molecule has 2 saturated heterocycles. The van der Waals surface area contributed by atoms with Gasteiger partial charge in [-0.05, 0) is 31.2 Å². The van der Waals surface area contributed by atoms with Crippen LogP contribution >= 0.6 is 11.3 Å². The third-order valence-corrected chi connectivity index (χ3v) is 6.37. The summed E-state index contributed by atoms with van der Waals surface area (Å²) < 4.78 is 38.2.